The summed E-state index contributed by atoms with van der Waals surface area (Å²) in [5.41, 5.74) is 2.35. The predicted octanol–water partition coefficient (Wildman–Crippen LogP) is 4.26. The Morgan fingerprint density at radius 1 is 1.10 bits per heavy atom. The van der Waals surface area contributed by atoms with Gasteiger partial charge in [-0.15, -0.1) is 0 Å². The van der Waals surface area contributed by atoms with Crippen LogP contribution in [0, 0.1) is 5.41 Å². The van der Waals surface area contributed by atoms with Crippen molar-refractivity contribution in [3.8, 4) is 5.75 Å². The molecule has 0 aliphatic heterocycles. The van der Waals surface area contributed by atoms with Crippen LogP contribution in [0.15, 0.2) is 36.8 Å². The summed E-state index contributed by atoms with van der Waals surface area (Å²) in [6.45, 7) is 9.59. The highest BCUT2D eigenvalue weighted by Gasteiger charge is 2.22. The van der Waals surface area contributed by atoms with Crippen molar-refractivity contribution in [2.75, 3.05) is 17.7 Å². The first-order valence-corrected chi connectivity index (χ1v) is 9.73. The number of methoxy groups -OCH3 is 1. The molecule has 0 spiro atoms. The van der Waals surface area contributed by atoms with Gasteiger partial charge in [-0.25, -0.2) is 9.97 Å². The van der Waals surface area contributed by atoms with Crippen LogP contribution in [0.4, 0.5) is 11.4 Å². The number of pyridine rings is 1. The molecule has 8 heteroatoms. The molecule has 0 unspecified atom stereocenters. The van der Waals surface area contributed by atoms with Crippen molar-refractivity contribution in [2.24, 2.45) is 5.41 Å². The first-order chi connectivity index (χ1) is 14.1. The number of nitrogens with one attached hydrogen (secondary N) is 2. The van der Waals surface area contributed by atoms with Crippen molar-refractivity contribution in [1.82, 2.24) is 14.5 Å². The lowest BCUT2D eigenvalue weighted by Crippen LogP contribution is -2.27. The molecule has 0 aliphatic rings. The minimum Gasteiger partial charge on any atom is -0.494 e. The van der Waals surface area contributed by atoms with Crippen molar-refractivity contribution in [3.63, 3.8) is 0 Å². The molecule has 3 aromatic rings. The number of anilines is 2. The lowest BCUT2D eigenvalue weighted by atomic mass is 9.95. The largest absolute Gasteiger partial charge is 0.494 e. The zero-order valence-electron chi connectivity index (χ0n) is 18.1. The Hall–Kier alpha value is -3.42. The van der Waals surface area contributed by atoms with E-state index in [1.165, 1.54) is 13.3 Å². The number of imidazole rings is 1. The first-order valence-electron chi connectivity index (χ1n) is 9.73. The van der Waals surface area contributed by atoms with E-state index in [1.54, 1.807) is 30.6 Å². The normalized spacial score (nSPS) is 11.6. The molecular weight excluding hydrogens is 382 g/mol. The molecule has 0 saturated carbocycles. The number of benzene rings is 1. The summed E-state index contributed by atoms with van der Waals surface area (Å²) in [5.74, 6) is 0.0180. The predicted molar refractivity (Wildman–Crippen MR) is 117 cm³/mol. The molecule has 2 N–H and O–H groups in total. The number of nitrogens with zero attached hydrogens (tertiary/aromatic N) is 3. The van der Waals surface area contributed by atoms with Gasteiger partial charge in [0.2, 0.25) is 5.91 Å². The number of aromatic nitrogens is 3. The Bertz CT molecular complexity index is 1100. The fourth-order valence-electron chi connectivity index (χ4n) is 2.81. The molecule has 0 radical (unpaired) electrons. The lowest BCUT2D eigenvalue weighted by Gasteiger charge is -2.19. The second-order valence-corrected chi connectivity index (χ2v) is 8.39. The van der Waals surface area contributed by atoms with E-state index in [0.717, 1.165) is 5.65 Å². The maximum Gasteiger partial charge on any atom is 0.257 e. The zero-order valence-corrected chi connectivity index (χ0v) is 18.1. The first kappa shape index (κ1) is 21.3. The number of carbonyl (C=O) groups excluding carboxylic acids is 2. The molecule has 158 valence electrons. The van der Waals surface area contributed by atoms with Crippen LogP contribution in [0.3, 0.4) is 0 Å². The SMILES string of the molecule is COc1cc(NC(=O)c2cnc3c(c2)ncn3C(C)C)ccc1NC(=O)C(C)(C)C. The number of ether oxygens (including phenoxy) is 1. The third-order valence-electron chi connectivity index (χ3n) is 4.62. The zero-order chi connectivity index (χ0) is 22.1. The van der Waals surface area contributed by atoms with Crippen molar-refractivity contribution in [2.45, 2.75) is 40.7 Å². The highest BCUT2D eigenvalue weighted by Crippen LogP contribution is 2.30. The molecule has 2 amide bonds. The van der Waals surface area contributed by atoms with Crippen LogP contribution >= 0.6 is 0 Å². The molecule has 0 atom stereocenters. The Kier molecular flexibility index (Phi) is 5.78. The molecule has 0 bridgehead atoms. The van der Waals surface area contributed by atoms with E-state index in [0.29, 0.717) is 28.2 Å². The average Bonchev–Trinajstić information content (AvgIpc) is 3.11. The smallest absolute Gasteiger partial charge is 0.257 e. The summed E-state index contributed by atoms with van der Waals surface area (Å²) in [4.78, 5) is 33.7. The third kappa shape index (κ3) is 4.42. The van der Waals surface area contributed by atoms with E-state index >= 15 is 0 Å². The number of rotatable bonds is 5. The molecule has 0 aliphatic carbocycles. The van der Waals surface area contributed by atoms with Gasteiger partial charge in [-0.2, -0.15) is 0 Å². The molecule has 8 nitrogen and oxygen atoms in total. The lowest BCUT2D eigenvalue weighted by molar-refractivity contribution is -0.123. The topological polar surface area (TPSA) is 98.1 Å². The van der Waals surface area contributed by atoms with Gasteiger partial charge in [0.25, 0.3) is 5.91 Å². The van der Waals surface area contributed by atoms with Gasteiger partial charge in [0.05, 0.1) is 24.7 Å². The Morgan fingerprint density at radius 3 is 2.47 bits per heavy atom. The molecule has 30 heavy (non-hydrogen) atoms. The fourth-order valence-corrected chi connectivity index (χ4v) is 2.81. The van der Waals surface area contributed by atoms with Crippen LogP contribution in [0.5, 0.6) is 5.75 Å². The Morgan fingerprint density at radius 2 is 1.83 bits per heavy atom. The maximum atomic E-state index is 12.7. The molecular formula is C22H27N5O3. The van der Waals surface area contributed by atoms with Crippen LogP contribution in [-0.2, 0) is 4.79 Å². The van der Waals surface area contributed by atoms with E-state index < -0.39 is 5.41 Å². The van der Waals surface area contributed by atoms with Gasteiger partial charge in [0.1, 0.15) is 11.3 Å². The number of hydrogen-bond donors (Lipinski definition) is 2. The average molecular weight is 409 g/mol. The summed E-state index contributed by atoms with van der Waals surface area (Å²) in [6.07, 6.45) is 3.26. The molecule has 3 rings (SSSR count). The van der Waals surface area contributed by atoms with E-state index in [1.807, 2.05) is 39.2 Å². The van der Waals surface area contributed by atoms with E-state index in [2.05, 4.69) is 20.6 Å². The van der Waals surface area contributed by atoms with Crippen LogP contribution in [0.2, 0.25) is 0 Å². The summed E-state index contributed by atoms with van der Waals surface area (Å²) in [6, 6.07) is 7.01. The second kappa shape index (κ2) is 8.14. The standard InChI is InChI=1S/C22H27N5O3/c1-13(2)27-12-24-17-9-14(11-23-19(17)27)20(28)25-15-7-8-16(18(10-15)30-6)26-21(29)22(3,4)5/h7-13H,1-6H3,(H,25,28)(H,26,29). The van der Waals surface area contributed by atoms with Gasteiger partial charge in [0, 0.05) is 29.4 Å². The van der Waals surface area contributed by atoms with Gasteiger partial charge in [-0.1, -0.05) is 20.8 Å². The summed E-state index contributed by atoms with van der Waals surface area (Å²) in [5, 5.41) is 5.68. The monoisotopic (exact) mass is 409 g/mol. The minimum absolute atomic E-state index is 0.127. The second-order valence-electron chi connectivity index (χ2n) is 8.39. The Labute approximate surface area is 175 Å². The van der Waals surface area contributed by atoms with E-state index in [4.69, 9.17) is 4.74 Å². The summed E-state index contributed by atoms with van der Waals surface area (Å²) >= 11 is 0. The number of carbonyl (C=O) groups is 2. The molecule has 1 aromatic carbocycles. The molecule has 0 fully saturated rings. The van der Waals surface area contributed by atoms with Crippen LogP contribution < -0.4 is 15.4 Å². The summed E-state index contributed by atoms with van der Waals surface area (Å²) in [7, 11) is 1.51. The quantitative estimate of drug-likeness (QED) is 0.656. The van der Waals surface area contributed by atoms with Crippen molar-refractivity contribution < 1.29 is 14.3 Å². The van der Waals surface area contributed by atoms with Crippen molar-refractivity contribution >= 4 is 34.4 Å². The van der Waals surface area contributed by atoms with Crippen LogP contribution in [0.1, 0.15) is 51.0 Å². The molecule has 2 aromatic heterocycles. The van der Waals surface area contributed by atoms with E-state index in [9.17, 15) is 9.59 Å². The third-order valence-corrected chi connectivity index (χ3v) is 4.62. The summed E-state index contributed by atoms with van der Waals surface area (Å²) < 4.78 is 7.33. The molecule has 2 heterocycles. The van der Waals surface area contributed by atoms with E-state index in [-0.39, 0.29) is 17.9 Å². The van der Waals surface area contributed by atoms with Crippen molar-refractivity contribution in [3.05, 3.63) is 42.4 Å². The maximum absolute atomic E-state index is 12.7. The van der Waals surface area contributed by atoms with Gasteiger partial charge < -0.3 is 19.9 Å². The molecule has 0 saturated heterocycles. The van der Waals surface area contributed by atoms with Gasteiger partial charge in [0.15, 0.2) is 5.65 Å². The van der Waals surface area contributed by atoms with Crippen LogP contribution in [0.25, 0.3) is 11.2 Å². The fraction of sp³-hybridized carbons (Fsp3) is 0.364. The van der Waals surface area contributed by atoms with Crippen molar-refractivity contribution in [1.29, 1.82) is 0 Å². The minimum atomic E-state index is -0.536. The highest BCUT2D eigenvalue weighted by atomic mass is 16.5. The number of hydrogen-bond acceptors (Lipinski definition) is 5. The van der Waals surface area contributed by atoms with Crippen LogP contribution in [-0.4, -0.2) is 33.5 Å². The number of fused-ring (bicyclic) bond motifs is 1. The van der Waals surface area contributed by atoms with Gasteiger partial charge in [-0.05, 0) is 32.0 Å². The number of amides is 2. The van der Waals surface area contributed by atoms with Gasteiger partial charge >= 0.3 is 0 Å². The highest BCUT2D eigenvalue weighted by molar-refractivity contribution is 6.05. The Balaban J connectivity index is 1.79. The van der Waals surface area contributed by atoms with Gasteiger partial charge in [-0.3, -0.25) is 9.59 Å².